The highest BCUT2D eigenvalue weighted by molar-refractivity contribution is 5.99. The summed E-state index contributed by atoms with van der Waals surface area (Å²) in [5, 5.41) is 12.2. The van der Waals surface area contributed by atoms with Gasteiger partial charge in [0.25, 0.3) is 5.91 Å². The number of rotatable bonds is 5. The van der Waals surface area contributed by atoms with Crippen LogP contribution in [0.5, 0.6) is 5.75 Å². The molecule has 7 heteroatoms. The molecule has 2 saturated carbocycles. The van der Waals surface area contributed by atoms with Crippen molar-refractivity contribution in [3.63, 3.8) is 0 Å². The van der Waals surface area contributed by atoms with Gasteiger partial charge in [0.15, 0.2) is 12.4 Å². The number of piperidine rings is 1. The number of hydrogen-bond acceptors (Lipinski definition) is 5. The van der Waals surface area contributed by atoms with Gasteiger partial charge in [0, 0.05) is 24.4 Å². The minimum absolute atomic E-state index is 0.0263. The van der Waals surface area contributed by atoms with Crippen LogP contribution in [-0.2, 0) is 9.59 Å². The van der Waals surface area contributed by atoms with Crippen molar-refractivity contribution in [1.82, 2.24) is 4.90 Å². The third-order valence-electron chi connectivity index (χ3n) is 9.36. The summed E-state index contributed by atoms with van der Waals surface area (Å²) in [6, 6.07) is 5.41. The van der Waals surface area contributed by atoms with Crippen molar-refractivity contribution >= 4 is 23.2 Å². The molecule has 2 atom stereocenters. The van der Waals surface area contributed by atoms with Crippen molar-refractivity contribution in [3.8, 4) is 5.75 Å². The second-order valence-corrected chi connectivity index (χ2v) is 11.6. The number of nitrogens with two attached hydrogens (primary N) is 1. The number of carbonyl (C=O) groups is 2. The van der Waals surface area contributed by atoms with Crippen molar-refractivity contribution < 1.29 is 19.4 Å². The van der Waals surface area contributed by atoms with Crippen LogP contribution in [0.3, 0.4) is 0 Å². The van der Waals surface area contributed by atoms with Crippen LogP contribution in [0.2, 0.25) is 0 Å². The van der Waals surface area contributed by atoms with E-state index in [0.29, 0.717) is 42.6 Å². The van der Waals surface area contributed by atoms with Crippen LogP contribution in [-0.4, -0.2) is 53.7 Å². The average molecular weight is 484 g/mol. The molecule has 2 aliphatic carbocycles. The first kappa shape index (κ1) is 24.4. The predicted octanol–water partition coefficient (Wildman–Crippen LogP) is 4.12. The Kier molecular flexibility index (Phi) is 6.73. The highest BCUT2D eigenvalue weighted by atomic mass is 16.5. The number of nitrogens with zero attached hydrogens (tertiary/aromatic N) is 2. The molecule has 1 aromatic carbocycles. The van der Waals surface area contributed by atoms with Gasteiger partial charge < -0.3 is 25.4 Å². The van der Waals surface area contributed by atoms with Crippen LogP contribution in [0.25, 0.3) is 0 Å². The van der Waals surface area contributed by atoms with Gasteiger partial charge in [0.05, 0.1) is 23.5 Å². The molecule has 35 heavy (non-hydrogen) atoms. The van der Waals surface area contributed by atoms with E-state index in [9.17, 15) is 14.7 Å². The minimum atomic E-state index is -1.05. The van der Waals surface area contributed by atoms with Crippen LogP contribution in [0, 0.1) is 17.3 Å². The van der Waals surface area contributed by atoms with Gasteiger partial charge in [-0.15, -0.1) is 0 Å². The number of anilines is 2. The lowest BCUT2D eigenvalue weighted by atomic mass is 9.65. The first-order valence-corrected chi connectivity index (χ1v) is 13.6. The molecule has 1 saturated heterocycles. The molecule has 7 nitrogen and oxygen atoms in total. The summed E-state index contributed by atoms with van der Waals surface area (Å²) < 4.78 is 5.62. The Hall–Kier alpha value is -2.28. The third-order valence-corrected chi connectivity index (χ3v) is 9.36. The Morgan fingerprint density at radius 1 is 1.17 bits per heavy atom. The number of hydrogen-bond donors (Lipinski definition) is 2. The molecule has 1 spiro atoms. The van der Waals surface area contributed by atoms with Gasteiger partial charge in [-0.2, -0.15) is 0 Å². The first-order valence-electron chi connectivity index (χ1n) is 13.6. The van der Waals surface area contributed by atoms with Gasteiger partial charge in [0.2, 0.25) is 5.91 Å². The van der Waals surface area contributed by atoms with Crippen molar-refractivity contribution in [2.45, 2.75) is 83.2 Å². The van der Waals surface area contributed by atoms with Gasteiger partial charge in [-0.05, 0) is 43.7 Å². The molecule has 4 aliphatic rings. The molecule has 2 amide bonds. The lowest BCUT2D eigenvalue weighted by molar-refractivity contribution is -0.158. The molecule has 2 aliphatic heterocycles. The zero-order chi connectivity index (χ0) is 24.6. The van der Waals surface area contributed by atoms with E-state index in [1.54, 1.807) is 11.0 Å². The third kappa shape index (κ3) is 4.52. The molecule has 3 N–H and O–H groups in total. The van der Waals surface area contributed by atoms with Gasteiger partial charge in [0.1, 0.15) is 0 Å². The molecule has 2 heterocycles. The number of nitrogen functional groups attached to an aromatic ring is 1. The molecule has 1 aromatic rings. The summed E-state index contributed by atoms with van der Waals surface area (Å²) in [5.41, 5.74) is 5.79. The maximum absolute atomic E-state index is 13.5. The summed E-state index contributed by atoms with van der Waals surface area (Å²) in [5.74, 6) is 1.29. The lowest BCUT2D eigenvalue weighted by Gasteiger charge is -2.54. The molecule has 0 aromatic heterocycles. The molecule has 0 radical (unpaired) electrons. The Bertz CT molecular complexity index is 954. The molecule has 0 bridgehead atoms. The number of para-hydroxylation sites is 1. The fourth-order valence-electron chi connectivity index (χ4n) is 7.32. The van der Waals surface area contributed by atoms with Crippen LogP contribution in [0.15, 0.2) is 18.2 Å². The predicted molar refractivity (Wildman–Crippen MR) is 136 cm³/mol. The molecule has 5 rings (SSSR count). The van der Waals surface area contributed by atoms with E-state index < -0.39 is 5.60 Å². The number of fused-ring (bicyclic) bond motifs is 1. The maximum Gasteiger partial charge on any atom is 0.265 e. The number of carbonyl (C=O) groups excluding carboxylic acids is 2. The summed E-state index contributed by atoms with van der Waals surface area (Å²) >= 11 is 0. The van der Waals surface area contributed by atoms with Gasteiger partial charge in [-0.25, -0.2) is 0 Å². The van der Waals surface area contributed by atoms with E-state index >= 15 is 0 Å². The minimum Gasteiger partial charge on any atom is -0.479 e. The number of ether oxygens (including phenoxy) is 1. The molecular weight excluding hydrogens is 442 g/mol. The zero-order valence-electron chi connectivity index (χ0n) is 21.1. The molecule has 3 fully saturated rings. The van der Waals surface area contributed by atoms with Crippen molar-refractivity contribution in [1.29, 1.82) is 0 Å². The van der Waals surface area contributed by atoms with E-state index in [1.165, 1.54) is 32.1 Å². The summed E-state index contributed by atoms with van der Waals surface area (Å²) in [7, 11) is 0. The summed E-state index contributed by atoms with van der Waals surface area (Å²) in [6.07, 6.45) is 11.7. The first-order chi connectivity index (χ1) is 16.8. The molecular formula is C28H41N3O4. The van der Waals surface area contributed by atoms with Crippen molar-refractivity contribution in [3.05, 3.63) is 18.2 Å². The van der Waals surface area contributed by atoms with Gasteiger partial charge >= 0.3 is 0 Å². The van der Waals surface area contributed by atoms with E-state index in [4.69, 9.17) is 10.5 Å². The Morgan fingerprint density at radius 2 is 1.91 bits per heavy atom. The Morgan fingerprint density at radius 3 is 2.66 bits per heavy atom. The van der Waals surface area contributed by atoms with Gasteiger partial charge in [-0.3, -0.25) is 9.59 Å². The Balaban J connectivity index is 1.33. The van der Waals surface area contributed by atoms with Gasteiger partial charge in [-0.1, -0.05) is 57.9 Å². The highest BCUT2D eigenvalue weighted by Gasteiger charge is 2.57. The van der Waals surface area contributed by atoms with Crippen LogP contribution >= 0.6 is 0 Å². The van der Waals surface area contributed by atoms with Crippen molar-refractivity contribution in [2.75, 3.05) is 36.9 Å². The number of likely N-dealkylation sites (tertiary alicyclic amines) is 1. The SMILES string of the molecule is C[C@H](CC1CCCCC1)C(=O)N1CCC(O)(CN2C(=O)COc3c(N)cccc32)C2(CCCC2)C1. The topological polar surface area (TPSA) is 96.1 Å². The number of amides is 2. The monoisotopic (exact) mass is 483 g/mol. The second kappa shape index (κ2) is 9.64. The van der Waals surface area contributed by atoms with Crippen molar-refractivity contribution in [2.24, 2.45) is 17.3 Å². The number of β-amino-alcohol motifs (C(OH)–C–C–N with tert-alkyl or cyclic N) is 1. The van der Waals surface area contributed by atoms with Crippen LogP contribution < -0.4 is 15.4 Å². The lowest BCUT2D eigenvalue weighted by Crippen LogP contribution is -2.65. The van der Waals surface area contributed by atoms with Crippen LogP contribution in [0.1, 0.15) is 77.6 Å². The van der Waals surface area contributed by atoms with E-state index in [0.717, 1.165) is 32.1 Å². The fourth-order valence-corrected chi connectivity index (χ4v) is 7.32. The smallest absolute Gasteiger partial charge is 0.265 e. The zero-order valence-corrected chi connectivity index (χ0v) is 21.1. The fraction of sp³-hybridized carbons (Fsp3) is 0.714. The molecule has 1 unspecified atom stereocenters. The van der Waals surface area contributed by atoms with E-state index in [1.807, 2.05) is 17.0 Å². The largest absolute Gasteiger partial charge is 0.479 e. The normalized spacial score (nSPS) is 27.5. The Labute approximate surface area is 209 Å². The van der Waals surface area contributed by atoms with E-state index in [2.05, 4.69) is 6.92 Å². The quantitative estimate of drug-likeness (QED) is 0.614. The highest BCUT2D eigenvalue weighted by Crippen LogP contribution is 2.52. The molecule has 192 valence electrons. The van der Waals surface area contributed by atoms with Crippen LogP contribution in [0.4, 0.5) is 11.4 Å². The van der Waals surface area contributed by atoms with E-state index in [-0.39, 0.29) is 36.3 Å². The standard InChI is InChI=1S/C28H41N3O4/c1-20(16-21-8-3-2-4-9-21)26(33)30-15-14-28(34,27(18-30)12-5-6-13-27)19-31-23-11-7-10-22(29)25(23)35-17-24(31)32/h7,10-11,20-21,34H,2-6,8-9,12-19,29H2,1H3/t20-,28?/m1/s1. The maximum atomic E-state index is 13.5. The number of aliphatic hydroxyl groups is 1. The summed E-state index contributed by atoms with van der Waals surface area (Å²) in [6.45, 7) is 3.35. The second-order valence-electron chi connectivity index (χ2n) is 11.6. The summed E-state index contributed by atoms with van der Waals surface area (Å²) in [4.78, 5) is 30.1. The number of benzene rings is 1. The average Bonchev–Trinajstić information content (AvgIpc) is 3.33.